The number of benzene rings is 1. The van der Waals surface area contributed by atoms with Gasteiger partial charge in [0.2, 0.25) is 0 Å². The predicted octanol–water partition coefficient (Wildman–Crippen LogP) is 1.81. The first-order valence-corrected chi connectivity index (χ1v) is 6.71. The number of rotatable bonds is 3. The van der Waals surface area contributed by atoms with Crippen LogP contribution in [0.5, 0.6) is 0 Å². The Morgan fingerprint density at radius 3 is 3.06 bits per heavy atom. The molecular weight excluding hydrogens is 226 g/mol. The van der Waals surface area contributed by atoms with Crippen LogP contribution < -0.4 is 5.69 Å². The van der Waals surface area contributed by atoms with Gasteiger partial charge in [0.1, 0.15) is 0 Å². The number of para-hydroxylation sites is 2. The van der Waals surface area contributed by atoms with Crippen molar-refractivity contribution in [1.82, 2.24) is 14.5 Å². The Labute approximate surface area is 106 Å². The van der Waals surface area contributed by atoms with E-state index in [4.69, 9.17) is 0 Å². The molecule has 1 atom stereocenters. The molecule has 1 aromatic heterocycles. The number of nitrogens with zero attached hydrogens (tertiary/aromatic N) is 2. The molecule has 0 saturated carbocycles. The molecule has 1 unspecified atom stereocenters. The third-order valence-electron chi connectivity index (χ3n) is 3.98. The SMILES string of the molecule is CCN1CCCC1Cn1c(=O)[nH]c2ccccc21. The smallest absolute Gasteiger partial charge is 0.306 e. The highest BCUT2D eigenvalue weighted by Gasteiger charge is 2.24. The van der Waals surface area contributed by atoms with Gasteiger partial charge in [-0.1, -0.05) is 19.1 Å². The first-order valence-electron chi connectivity index (χ1n) is 6.71. The van der Waals surface area contributed by atoms with Gasteiger partial charge in [0.25, 0.3) is 0 Å². The Morgan fingerprint density at radius 1 is 1.39 bits per heavy atom. The number of aromatic nitrogens is 2. The van der Waals surface area contributed by atoms with Gasteiger partial charge < -0.3 is 4.98 Å². The normalized spacial score (nSPS) is 20.8. The molecule has 1 fully saturated rings. The molecule has 4 heteroatoms. The zero-order valence-corrected chi connectivity index (χ0v) is 10.7. The number of hydrogen-bond donors (Lipinski definition) is 1. The van der Waals surface area contributed by atoms with Gasteiger partial charge in [0.05, 0.1) is 11.0 Å². The van der Waals surface area contributed by atoms with Crippen LogP contribution in [0.4, 0.5) is 0 Å². The van der Waals surface area contributed by atoms with Crippen molar-refractivity contribution in [3.63, 3.8) is 0 Å². The summed E-state index contributed by atoms with van der Waals surface area (Å²) in [6.07, 6.45) is 2.44. The number of likely N-dealkylation sites (N-methyl/N-ethyl adjacent to an activating group) is 1. The third-order valence-corrected chi connectivity index (χ3v) is 3.98. The van der Waals surface area contributed by atoms with E-state index >= 15 is 0 Å². The highest BCUT2D eigenvalue weighted by Crippen LogP contribution is 2.19. The van der Waals surface area contributed by atoms with Crippen molar-refractivity contribution in [3.8, 4) is 0 Å². The van der Waals surface area contributed by atoms with Gasteiger partial charge in [-0.05, 0) is 38.1 Å². The van der Waals surface area contributed by atoms with Crippen molar-refractivity contribution in [1.29, 1.82) is 0 Å². The number of fused-ring (bicyclic) bond motifs is 1. The minimum absolute atomic E-state index is 0.0131. The summed E-state index contributed by atoms with van der Waals surface area (Å²) >= 11 is 0. The molecule has 1 saturated heterocycles. The maximum absolute atomic E-state index is 12.0. The Hall–Kier alpha value is -1.55. The largest absolute Gasteiger partial charge is 0.326 e. The second-order valence-electron chi connectivity index (χ2n) is 4.98. The van der Waals surface area contributed by atoms with Gasteiger partial charge in [-0.2, -0.15) is 0 Å². The van der Waals surface area contributed by atoms with Gasteiger partial charge in [-0.15, -0.1) is 0 Å². The lowest BCUT2D eigenvalue weighted by atomic mass is 10.2. The van der Waals surface area contributed by atoms with Crippen LogP contribution in [-0.4, -0.2) is 33.6 Å². The number of aromatic amines is 1. The molecule has 4 nitrogen and oxygen atoms in total. The van der Waals surface area contributed by atoms with Crippen LogP contribution in [0.3, 0.4) is 0 Å². The van der Waals surface area contributed by atoms with E-state index in [1.807, 2.05) is 28.8 Å². The summed E-state index contributed by atoms with van der Waals surface area (Å²) in [5.74, 6) is 0. The Balaban J connectivity index is 1.95. The first-order chi connectivity index (χ1) is 8.79. The molecule has 0 bridgehead atoms. The van der Waals surface area contributed by atoms with Crippen LogP contribution >= 0.6 is 0 Å². The number of likely N-dealkylation sites (tertiary alicyclic amines) is 1. The minimum Gasteiger partial charge on any atom is -0.306 e. The summed E-state index contributed by atoms with van der Waals surface area (Å²) in [6, 6.07) is 8.42. The molecule has 0 spiro atoms. The van der Waals surface area contributed by atoms with E-state index < -0.39 is 0 Å². The predicted molar refractivity (Wildman–Crippen MR) is 72.8 cm³/mol. The van der Waals surface area contributed by atoms with Crippen molar-refractivity contribution < 1.29 is 0 Å². The summed E-state index contributed by atoms with van der Waals surface area (Å²) in [5, 5.41) is 0. The number of H-pyrrole nitrogens is 1. The fourth-order valence-corrected chi connectivity index (χ4v) is 3.02. The van der Waals surface area contributed by atoms with E-state index in [1.165, 1.54) is 12.8 Å². The minimum atomic E-state index is 0.0131. The summed E-state index contributed by atoms with van der Waals surface area (Å²) in [5.41, 5.74) is 1.97. The molecule has 0 radical (unpaired) electrons. The second-order valence-corrected chi connectivity index (χ2v) is 4.98. The molecule has 1 aliphatic rings. The molecule has 1 aliphatic heterocycles. The molecular formula is C14H19N3O. The Morgan fingerprint density at radius 2 is 2.22 bits per heavy atom. The van der Waals surface area contributed by atoms with E-state index in [1.54, 1.807) is 0 Å². The van der Waals surface area contributed by atoms with E-state index in [-0.39, 0.29) is 5.69 Å². The molecule has 96 valence electrons. The Bertz CT molecular complexity index is 598. The molecule has 2 heterocycles. The van der Waals surface area contributed by atoms with Gasteiger partial charge in [0, 0.05) is 12.6 Å². The topological polar surface area (TPSA) is 41.0 Å². The van der Waals surface area contributed by atoms with E-state index in [2.05, 4.69) is 16.8 Å². The fraction of sp³-hybridized carbons (Fsp3) is 0.500. The van der Waals surface area contributed by atoms with Crippen molar-refractivity contribution in [2.24, 2.45) is 0 Å². The quantitative estimate of drug-likeness (QED) is 0.896. The first kappa shape index (κ1) is 11.5. The van der Waals surface area contributed by atoms with Gasteiger partial charge in [-0.25, -0.2) is 4.79 Å². The van der Waals surface area contributed by atoms with Crippen molar-refractivity contribution >= 4 is 11.0 Å². The van der Waals surface area contributed by atoms with Gasteiger partial charge >= 0.3 is 5.69 Å². The van der Waals surface area contributed by atoms with Crippen LogP contribution in [0.2, 0.25) is 0 Å². The third kappa shape index (κ3) is 1.86. The van der Waals surface area contributed by atoms with Gasteiger partial charge in [-0.3, -0.25) is 9.47 Å². The standard InChI is InChI=1S/C14H19N3O/c1-2-16-9-5-6-11(16)10-17-13-8-4-3-7-12(13)15-14(17)18/h3-4,7-8,11H,2,5-6,9-10H2,1H3,(H,15,18). The molecule has 0 aliphatic carbocycles. The molecule has 0 amide bonds. The lowest BCUT2D eigenvalue weighted by molar-refractivity contribution is 0.244. The van der Waals surface area contributed by atoms with Crippen molar-refractivity contribution in [3.05, 3.63) is 34.7 Å². The summed E-state index contributed by atoms with van der Waals surface area (Å²) in [7, 11) is 0. The molecule has 18 heavy (non-hydrogen) atoms. The van der Waals surface area contributed by atoms with Crippen LogP contribution in [0.25, 0.3) is 11.0 Å². The molecule has 1 N–H and O–H groups in total. The summed E-state index contributed by atoms with van der Waals surface area (Å²) < 4.78 is 1.88. The number of hydrogen-bond acceptors (Lipinski definition) is 2. The maximum atomic E-state index is 12.0. The van der Waals surface area contributed by atoms with Gasteiger partial charge in [0.15, 0.2) is 0 Å². The lowest BCUT2D eigenvalue weighted by Gasteiger charge is -2.22. The van der Waals surface area contributed by atoms with E-state index in [0.29, 0.717) is 6.04 Å². The molecule has 3 rings (SSSR count). The van der Waals surface area contributed by atoms with Crippen LogP contribution in [-0.2, 0) is 6.54 Å². The molecule has 2 aromatic rings. The monoisotopic (exact) mass is 245 g/mol. The summed E-state index contributed by atoms with van der Waals surface area (Å²) in [6.45, 7) is 5.23. The van der Waals surface area contributed by atoms with E-state index in [9.17, 15) is 4.79 Å². The average Bonchev–Trinajstić information content (AvgIpc) is 2.95. The van der Waals surface area contributed by atoms with Crippen LogP contribution in [0.1, 0.15) is 19.8 Å². The highest BCUT2D eigenvalue weighted by atomic mass is 16.1. The second kappa shape index (κ2) is 4.61. The number of imidazole rings is 1. The number of nitrogens with one attached hydrogen (secondary N) is 1. The maximum Gasteiger partial charge on any atom is 0.326 e. The van der Waals surface area contributed by atoms with Crippen LogP contribution in [0, 0.1) is 0 Å². The highest BCUT2D eigenvalue weighted by molar-refractivity contribution is 5.74. The molecule has 1 aromatic carbocycles. The average molecular weight is 245 g/mol. The van der Waals surface area contributed by atoms with E-state index in [0.717, 1.165) is 30.7 Å². The zero-order chi connectivity index (χ0) is 12.5. The van der Waals surface area contributed by atoms with Crippen LogP contribution in [0.15, 0.2) is 29.1 Å². The zero-order valence-electron chi connectivity index (χ0n) is 10.7. The van der Waals surface area contributed by atoms with Crippen molar-refractivity contribution in [2.45, 2.75) is 32.4 Å². The fourth-order valence-electron chi connectivity index (χ4n) is 3.02. The lowest BCUT2D eigenvalue weighted by Crippen LogP contribution is -2.35. The Kier molecular flexibility index (Phi) is 2.96. The summed E-state index contributed by atoms with van der Waals surface area (Å²) in [4.78, 5) is 17.4. The van der Waals surface area contributed by atoms with Crippen molar-refractivity contribution in [2.75, 3.05) is 13.1 Å².